The van der Waals surface area contributed by atoms with Gasteiger partial charge in [0.1, 0.15) is 5.75 Å². The van der Waals surface area contributed by atoms with E-state index in [1.807, 2.05) is 51.4 Å². The van der Waals surface area contributed by atoms with Gasteiger partial charge in [0.25, 0.3) is 0 Å². The van der Waals surface area contributed by atoms with Gasteiger partial charge in [-0.25, -0.2) is 0 Å². The van der Waals surface area contributed by atoms with Crippen LogP contribution in [0.3, 0.4) is 0 Å². The maximum absolute atomic E-state index is 5.76. The summed E-state index contributed by atoms with van der Waals surface area (Å²) in [4.78, 5) is 4.39. The van der Waals surface area contributed by atoms with Gasteiger partial charge in [-0.1, -0.05) is 18.2 Å². The van der Waals surface area contributed by atoms with E-state index in [0.29, 0.717) is 0 Å². The molecule has 106 valence electrons. The zero-order valence-corrected chi connectivity index (χ0v) is 12.3. The molecule has 0 aliphatic rings. The van der Waals surface area contributed by atoms with Crippen LogP contribution in [0.15, 0.2) is 48.7 Å². The molecule has 1 aromatic heterocycles. The van der Waals surface area contributed by atoms with Gasteiger partial charge in [-0.05, 0) is 50.7 Å². The number of benzene rings is 1. The fourth-order valence-corrected chi connectivity index (χ4v) is 2.19. The molecule has 0 radical (unpaired) electrons. The highest BCUT2D eigenvalue weighted by molar-refractivity contribution is 5.31. The summed E-state index contributed by atoms with van der Waals surface area (Å²) in [5.74, 6) is 0.916. The van der Waals surface area contributed by atoms with Crippen LogP contribution >= 0.6 is 0 Å². The average molecular weight is 270 g/mol. The Morgan fingerprint density at radius 2 is 2.00 bits per heavy atom. The molecule has 1 N–H and O–H groups in total. The molecule has 0 saturated carbocycles. The number of aromatic nitrogens is 1. The number of nitrogens with one attached hydrogen (secondary N) is 1. The highest BCUT2D eigenvalue weighted by Crippen LogP contribution is 2.22. The van der Waals surface area contributed by atoms with E-state index >= 15 is 0 Å². The molecule has 2 rings (SSSR count). The number of hydrogen-bond acceptors (Lipinski definition) is 3. The van der Waals surface area contributed by atoms with E-state index in [2.05, 4.69) is 28.5 Å². The van der Waals surface area contributed by atoms with Crippen LogP contribution in [-0.4, -0.2) is 18.1 Å². The number of rotatable bonds is 6. The Hall–Kier alpha value is -1.87. The van der Waals surface area contributed by atoms with Crippen LogP contribution in [0.5, 0.6) is 5.75 Å². The Kier molecular flexibility index (Phi) is 5.13. The second-order valence-corrected chi connectivity index (χ2v) is 5.11. The molecule has 2 aromatic rings. The van der Waals surface area contributed by atoms with Crippen LogP contribution in [0.1, 0.15) is 31.1 Å². The minimum absolute atomic E-state index is 0.189. The lowest BCUT2D eigenvalue weighted by atomic mass is 10.0. The van der Waals surface area contributed by atoms with Crippen molar-refractivity contribution in [1.82, 2.24) is 10.3 Å². The highest BCUT2D eigenvalue weighted by atomic mass is 16.5. The molecular weight excluding hydrogens is 248 g/mol. The van der Waals surface area contributed by atoms with Crippen molar-refractivity contribution in [3.63, 3.8) is 0 Å². The first-order valence-corrected chi connectivity index (χ1v) is 7.03. The molecule has 0 bridgehead atoms. The van der Waals surface area contributed by atoms with E-state index in [0.717, 1.165) is 17.9 Å². The summed E-state index contributed by atoms with van der Waals surface area (Å²) in [6.07, 6.45) is 2.89. The van der Waals surface area contributed by atoms with Crippen LogP contribution in [0.4, 0.5) is 0 Å². The van der Waals surface area contributed by atoms with Crippen LogP contribution in [0.25, 0.3) is 0 Å². The van der Waals surface area contributed by atoms with Crippen molar-refractivity contribution in [2.24, 2.45) is 0 Å². The van der Waals surface area contributed by atoms with E-state index in [4.69, 9.17) is 4.74 Å². The quantitative estimate of drug-likeness (QED) is 0.874. The lowest BCUT2D eigenvalue weighted by Crippen LogP contribution is -2.19. The Labute approximate surface area is 121 Å². The fourth-order valence-electron chi connectivity index (χ4n) is 2.19. The molecule has 1 heterocycles. The highest BCUT2D eigenvalue weighted by Gasteiger charge is 2.11. The molecule has 3 nitrogen and oxygen atoms in total. The van der Waals surface area contributed by atoms with Crippen molar-refractivity contribution in [3.8, 4) is 5.75 Å². The Morgan fingerprint density at radius 1 is 1.15 bits per heavy atom. The van der Waals surface area contributed by atoms with Crippen molar-refractivity contribution >= 4 is 0 Å². The molecule has 0 aliphatic carbocycles. The third-order valence-corrected chi connectivity index (χ3v) is 3.12. The minimum Gasteiger partial charge on any atom is -0.491 e. The monoisotopic (exact) mass is 270 g/mol. The van der Waals surface area contributed by atoms with E-state index in [-0.39, 0.29) is 12.1 Å². The van der Waals surface area contributed by atoms with E-state index in [1.54, 1.807) is 0 Å². The first-order valence-electron chi connectivity index (χ1n) is 7.03. The number of hydrogen-bond donors (Lipinski definition) is 1. The smallest absolute Gasteiger partial charge is 0.120 e. The Balaban J connectivity index is 2.15. The van der Waals surface area contributed by atoms with Gasteiger partial charge in [-0.15, -0.1) is 0 Å². The summed E-state index contributed by atoms with van der Waals surface area (Å²) < 4.78 is 5.76. The minimum atomic E-state index is 0.189. The van der Waals surface area contributed by atoms with Crippen molar-refractivity contribution < 1.29 is 4.74 Å². The predicted octanol–water partition coefficient (Wildman–Crippen LogP) is 3.37. The molecular formula is C17H22N2O. The molecule has 1 unspecified atom stereocenters. The van der Waals surface area contributed by atoms with Gasteiger partial charge in [-0.2, -0.15) is 0 Å². The third-order valence-electron chi connectivity index (χ3n) is 3.12. The summed E-state index contributed by atoms with van der Waals surface area (Å²) in [7, 11) is 1.98. The first kappa shape index (κ1) is 14.5. The zero-order valence-electron chi connectivity index (χ0n) is 12.3. The molecule has 3 heteroatoms. The van der Waals surface area contributed by atoms with Crippen LogP contribution in [-0.2, 0) is 6.42 Å². The van der Waals surface area contributed by atoms with Crippen LogP contribution in [0, 0.1) is 0 Å². The normalized spacial score (nSPS) is 12.4. The van der Waals surface area contributed by atoms with Gasteiger partial charge in [0, 0.05) is 24.4 Å². The van der Waals surface area contributed by atoms with E-state index < -0.39 is 0 Å². The number of likely N-dealkylation sites (N-methyl/N-ethyl adjacent to an activating group) is 1. The average Bonchev–Trinajstić information content (AvgIpc) is 2.45. The second kappa shape index (κ2) is 7.06. The van der Waals surface area contributed by atoms with Gasteiger partial charge >= 0.3 is 0 Å². The van der Waals surface area contributed by atoms with E-state index in [1.165, 1.54) is 5.56 Å². The summed E-state index contributed by atoms with van der Waals surface area (Å²) in [6, 6.07) is 14.5. The number of ether oxygens (including phenoxy) is 1. The van der Waals surface area contributed by atoms with Gasteiger partial charge in [0.15, 0.2) is 0 Å². The van der Waals surface area contributed by atoms with Crippen LogP contribution in [0.2, 0.25) is 0 Å². The number of nitrogens with zero attached hydrogens (tertiary/aromatic N) is 1. The van der Waals surface area contributed by atoms with Crippen molar-refractivity contribution in [2.75, 3.05) is 7.05 Å². The summed E-state index contributed by atoms with van der Waals surface area (Å²) in [5.41, 5.74) is 2.30. The standard InChI is InChI=1S/C17H22N2O/c1-13(2)20-16-9-6-7-14(11-16)17(18-3)12-15-8-4-5-10-19-15/h4-11,13,17-18H,12H2,1-3H3. The first-order chi connectivity index (χ1) is 9.69. The maximum atomic E-state index is 5.76. The lowest BCUT2D eigenvalue weighted by molar-refractivity contribution is 0.242. The fraction of sp³-hybridized carbons (Fsp3) is 0.353. The number of pyridine rings is 1. The third kappa shape index (κ3) is 4.07. The molecule has 1 atom stereocenters. The maximum Gasteiger partial charge on any atom is 0.120 e. The Bertz CT molecular complexity index is 526. The zero-order chi connectivity index (χ0) is 14.4. The van der Waals surface area contributed by atoms with Gasteiger partial charge < -0.3 is 10.1 Å². The van der Waals surface area contributed by atoms with Crippen molar-refractivity contribution in [1.29, 1.82) is 0 Å². The van der Waals surface area contributed by atoms with Gasteiger partial charge in [-0.3, -0.25) is 4.98 Å². The second-order valence-electron chi connectivity index (χ2n) is 5.11. The molecule has 0 fully saturated rings. The summed E-state index contributed by atoms with van der Waals surface area (Å²) in [5, 5.41) is 3.35. The molecule has 0 saturated heterocycles. The van der Waals surface area contributed by atoms with Gasteiger partial charge in [0.2, 0.25) is 0 Å². The lowest BCUT2D eigenvalue weighted by Gasteiger charge is -2.18. The molecule has 20 heavy (non-hydrogen) atoms. The topological polar surface area (TPSA) is 34.2 Å². The molecule has 1 aromatic carbocycles. The van der Waals surface area contributed by atoms with Crippen LogP contribution < -0.4 is 10.1 Å². The summed E-state index contributed by atoms with van der Waals surface area (Å²) >= 11 is 0. The SMILES string of the molecule is CNC(Cc1ccccn1)c1cccc(OC(C)C)c1. The summed E-state index contributed by atoms with van der Waals surface area (Å²) in [6.45, 7) is 4.08. The molecule has 0 aliphatic heterocycles. The van der Waals surface area contributed by atoms with Crippen molar-refractivity contribution in [3.05, 3.63) is 59.9 Å². The van der Waals surface area contributed by atoms with Gasteiger partial charge in [0.05, 0.1) is 6.10 Å². The van der Waals surface area contributed by atoms with E-state index in [9.17, 15) is 0 Å². The van der Waals surface area contributed by atoms with Crippen molar-refractivity contribution in [2.45, 2.75) is 32.4 Å². The molecule has 0 amide bonds. The molecule has 0 spiro atoms. The largest absolute Gasteiger partial charge is 0.491 e. The predicted molar refractivity (Wildman–Crippen MR) is 81.9 cm³/mol. The Morgan fingerprint density at radius 3 is 2.65 bits per heavy atom.